The molecule has 2 aromatic carbocycles. The number of nitrogens with zero attached hydrogens (tertiary/aromatic N) is 3. The molecule has 0 fully saturated rings. The van der Waals surface area contributed by atoms with Crippen molar-refractivity contribution in [3.8, 4) is 22.4 Å². The number of fused-ring (bicyclic) bond motifs is 2. The Morgan fingerprint density at radius 3 is 2.74 bits per heavy atom. The van der Waals surface area contributed by atoms with Gasteiger partial charge in [0.1, 0.15) is 21.7 Å². The topological polar surface area (TPSA) is 62.3 Å². The first-order chi connectivity index (χ1) is 15.0. The fourth-order valence-corrected chi connectivity index (χ4v) is 4.96. The van der Waals surface area contributed by atoms with E-state index < -0.39 is 0 Å². The molecular weight excluding hydrogens is 474 g/mol. The Kier molecular flexibility index (Phi) is 5.19. The van der Waals surface area contributed by atoms with E-state index in [0.717, 1.165) is 10.2 Å². The van der Waals surface area contributed by atoms with E-state index in [0.29, 0.717) is 43.1 Å². The molecule has 6 nitrogen and oxygen atoms in total. The van der Waals surface area contributed by atoms with Gasteiger partial charge >= 0.3 is 0 Å². The third kappa shape index (κ3) is 3.59. The lowest BCUT2D eigenvalue weighted by Gasteiger charge is -2.07. The first-order valence-corrected chi connectivity index (χ1v) is 11.0. The normalized spacial score (nSPS) is 11.2. The standard InChI is InChI=1S/C21H12ClN3O3S3/c1-26-15-8-9-23-17-18(15)28-21(30)25(19(17)29)20-24-13-7-6-11(10-16(13)31-20)27-14-5-3-2-4-12(14)22/h2-10H,1H3. The van der Waals surface area contributed by atoms with E-state index in [-0.39, 0.29) is 4.84 Å². The van der Waals surface area contributed by atoms with Crippen LogP contribution >= 0.6 is 47.4 Å². The second kappa shape index (κ2) is 8.01. The highest BCUT2D eigenvalue weighted by atomic mass is 35.5. The molecule has 0 radical (unpaired) electrons. The Balaban J connectivity index is 1.61. The molecule has 154 valence electrons. The lowest BCUT2D eigenvalue weighted by molar-refractivity contribution is 0.404. The summed E-state index contributed by atoms with van der Waals surface area (Å²) in [5.74, 6) is 1.74. The van der Waals surface area contributed by atoms with Crippen molar-refractivity contribution in [1.29, 1.82) is 0 Å². The molecule has 0 saturated carbocycles. The van der Waals surface area contributed by atoms with Crippen molar-refractivity contribution in [3.05, 3.63) is 69.2 Å². The van der Waals surface area contributed by atoms with Crippen molar-refractivity contribution in [2.75, 3.05) is 7.11 Å². The van der Waals surface area contributed by atoms with Gasteiger partial charge in [-0.1, -0.05) is 47.3 Å². The van der Waals surface area contributed by atoms with Gasteiger partial charge in [0.05, 0.1) is 22.3 Å². The van der Waals surface area contributed by atoms with E-state index in [1.165, 1.54) is 11.3 Å². The summed E-state index contributed by atoms with van der Waals surface area (Å²) >= 11 is 18.7. The summed E-state index contributed by atoms with van der Waals surface area (Å²) < 4.78 is 20.0. The van der Waals surface area contributed by atoms with Gasteiger partial charge in [-0.3, -0.25) is 0 Å². The lowest BCUT2D eigenvalue weighted by Crippen LogP contribution is -2.00. The Labute approximate surface area is 195 Å². The van der Waals surface area contributed by atoms with E-state index >= 15 is 0 Å². The number of ether oxygens (including phenoxy) is 2. The van der Waals surface area contributed by atoms with Crippen LogP contribution in [0.4, 0.5) is 0 Å². The molecule has 5 rings (SSSR count). The number of pyridine rings is 1. The van der Waals surface area contributed by atoms with Crippen molar-refractivity contribution >= 4 is 68.7 Å². The minimum absolute atomic E-state index is 0.162. The number of hydrogen-bond donors (Lipinski definition) is 0. The first-order valence-electron chi connectivity index (χ1n) is 8.97. The molecule has 3 heterocycles. The van der Waals surface area contributed by atoms with E-state index in [9.17, 15) is 0 Å². The summed E-state index contributed by atoms with van der Waals surface area (Å²) in [7, 11) is 1.55. The van der Waals surface area contributed by atoms with Crippen LogP contribution in [0.2, 0.25) is 5.02 Å². The largest absolute Gasteiger partial charge is 0.493 e. The van der Waals surface area contributed by atoms with Crippen LogP contribution in [0.25, 0.3) is 26.4 Å². The summed E-state index contributed by atoms with van der Waals surface area (Å²) in [5.41, 5.74) is 1.67. The van der Waals surface area contributed by atoms with Crippen LogP contribution in [0.3, 0.4) is 0 Å². The minimum Gasteiger partial charge on any atom is -0.493 e. The SMILES string of the molecule is COc1ccnc2c(=S)n(-c3nc4ccc(Oc5ccccc5Cl)cc4s3)c(=S)oc12. The number of hydrogen-bond acceptors (Lipinski definition) is 8. The molecule has 0 N–H and O–H groups in total. The highest BCUT2D eigenvalue weighted by Gasteiger charge is 2.15. The fourth-order valence-electron chi connectivity index (χ4n) is 3.04. The maximum atomic E-state index is 6.19. The van der Waals surface area contributed by atoms with Crippen LogP contribution in [0, 0.1) is 9.48 Å². The molecule has 5 aromatic rings. The van der Waals surface area contributed by atoms with Gasteiger partial charge in [-0.05, 0) is 36.5 Å². The number of halogens is 1. The number of thiazole rings is 1. The molecule has 0 saturated heterocycles. The monoisotopic (exact) mass is 485 g/mol. The van der Waals surface area contributed by atoms with Gasteiger partial charge in [-0.2, -0.15) is 0 Å². The van der Waals surface area contributed by atoms with Crippen molar-refractivity contribution in [3.63, 3.8) is 0 Å². The minimum atomic E-state index is 0.162. The third-order valence-electron chi connectivity index (χ3n) is 4.47. The zero-order valence-corrected chi connectivity index (χ0v) is 19.1. The average Bonchev–Trinajstić information content (AvgIpc) is 3.18. The summed E-state index contributed by atoms with van der Waals surface area (Å²) in [6, 6.07) is 14.6. The maximum Gasteiger partial charge on any atom is 0.276 e. The molecule has 0 aliphatic carbocycles. The van der Waals surface area contributed by atoms with E-state index in [1.54, 1.807) is 30.0 Å². The van der Waals surface area contributed by atoms with Gasteiger partial charge < -0.3 is 13.9 Å². The zero-order valence-electron chi connectivity index (χ0n) is 15.9. The molecule has 10 heteroatoms. The molecule has 0 bridgehead atoms. The molecular formula is C21H12ClN3O3S3. The first kappa shape index (κ1) is 20.1. The van der Waals surface area contributed by atoms with Gasteiger partial charge in [0.2, 0.25) is 5.58 Å². The molecule has 0 unspecified atom stereocenters. The smallest absolute Gasteiger partial charge is 0.276 e. The Morgan fingerprint density at radius 2 is 1.94 bits per heavy atom. The fraction of sp³-hybridized carbons (Fsp3) is 0.0476. The molecule has 0 aliphatic heterocycles. The second-order valence-electron chi connectivity index (χ2n) is 6.36. The summed E-state index contributed by atoms with van der Waals surface area (Å²) in [5, 5.41) is 1.12. The molecule has 0 aliphatic rings. The van der Waals surface area contributed by atoms with Gasteiger partial charge in [0.15, 0.2) is 10.9 Å². The van der Waals surface area contributed by atoms with Gasteiger partial charge in [0.25, 0.3) is 4.84 Å². The molecule has 3 aromatic heterocycles. The number of rotatable bonds is 4. The van der Waals surface area contributed by atoms with Crippen LogP contribution in [0.5, 0.6) is 17.2 Å². The number of aromatic nitrogens is 3. The van der Waals surface area contributed by atoms with Crippen LogP contribution < -0.4 is 9.47 Å². The van der Waals surface area contributed by atoms with E-state index in [2.05, 4.69) is 9.97 Å². The van der Waals surface area contributed by atoms with Crippen molar-refractivity contribution in [2.45, 2.75) is 0 Å². The van der Waals surface area contributed by atoms with Crippen LogP contribution in [0.15, 0.2) is 59.1 Å². The van der Waals surface area contributed by atoms with Crippen LogP contribution in [-0.2, 0) is 0 Å². The highest BCUT2D eigenvalue weighted by molar-refractivity contribution is 7.72. The molecule has 0 atom stereocenters. The summed E-state index contributed by atoms with van der Waals surface area (Å²) in [6.45, 7) is 0. The van der Waals surface area contributed by atoms with Crippen LogP contribution in [-0.4, -0.2) is 21.6 Å². The van der Waals surface area contributed by atoms with Gasteiger partial charge in [-0.15, -0.1) is 0 Å². The average molecular weight is 486 g/mol. The third-order valence-corrected chi connectivity index (χ3v) is 6.43. The Morgan fingerprint density at radius 1 is 1.10 bits per heavy atom. The molecule has 0 amide bonds. The van der Waals surface area contributed by atoms with Crippen molar-refractivity contribution in [1.82, 2.24) is 14.5 Å². The lowest BCUT2D eigenvalue weighted by atomic mass is 10.3. The molecule has 0 spiro atoms. The van der Waals surface area contributed by atoms with Gasteiger partial charge in [0, 0.05) is 18.3 Å². The van der Waals surface area contributed by atoms with E-state index in [4.69, 9.17) is 49.9 Å². The second-order valence-corrected chi connectivity index (χ2v) is 8.51. The summed E-state index contributed by atoms with van der Waals surface area (Å²) in [6.07, 6.45) is 1.61. The number of methoxy groups -OCH3 is 1. The van der Waals surface area contributed by atoms with Crippen molar-refractivity contribution < 1.29 is 13.9 Å². The summed E-state index contributed by atoms with van der Waals surface area (Å²) in [4.78, 5) is 9.17. The molecule has 31 heavy (non-hydrogen) atoms. The Bertz CT molecular complexity index is 1580. The van der Waals surface area contributed by atoms with E-state index in [1.807, 2.05) is 36.4 Å². The zero-order chi connectivity index (χ0) is 21.5. The van der Waals surface area contributed by atoms with Crippen molar-refractivity contribution in [2.24, 2.45) is 0 Å². The Hall–Kier alpha value is -2.85. The predicted octanol–water partition coefficient (Wildman–Crippen LogP) is 7.14. The highest BCUT2D eigenvalue weighted by Crippen LogP contribution is 2.34. The number of benzene rings is 2. The van der Waals surface area contributed by atoms with Crippen LogP contribution in [0.1, 0.15) is 0 Å². The maximum absolute atomic E-state index is 6.19. The quantitative estimate of drug-likeness (QED) is 0.250. The number of para-hydroxylation sites is 1. The van der Waals surface area contributed by atoms with Gasteiger partial charge in [-0.25, -0.2) is 14.5 Å². The predicted molar refractivity (Wildman–Crippen MR) is 126 cm³/mol.